The molecule has 0 radical (unpaired) electrons. The van der Waals surface area contributed by atoms with Crippen molar-refractivity contribution in [2.24, 2.45) is 0 Å². The second-order valence-electron chi connectivity index (χ2n) is 10.7. The van der Waals surface area contributed by atoms with Gasteiger partial charge in [0, 0.05) is 34.1 Å². The number of hydrogen-bond acceptors (Lipinski definition) is 5. The van der Waals surface area contributed by atoms with Crippen molar-refractivity contribution in [3.05, 3.63) is 163 Å². The van der Waals surface area contributed by atoms with E-state index in [0.29, 0.717) is 5.69 Å². The highest BCUT2D eigenvalue weighted by molar-refractivity contribution is 7.88. The Morgan fingerprint density at radius 3 is 1.15 bits per heavy atom. The fourth-order valence-electron chi connectivity index (χ4n) is 5.17. The average Bonchev–Trinajstić information content (AvgIpc) is 3.08. The Kier molecular flexibility index (Phi) is 8.74. The van der Waals surface area contributed by atoms with Gasteiger partial charge < -0.3 is 14.0 Å². The SMILES string of the molecule is Cc1ccc(N(c2ccc(OS(=O)(=O)C(F)(F)F)cc2)c2ccc(-c3ccc(N(c4ccccc4)c4ccccc4)cc3)cc2)cc1. The van der Waals surface area contributed by atoms with Crippen molar-refractivity contribution in [1.29, 1.82) is 0 Å². The number of benzene rings is 6. The third-order valence-electron chi connectivity index (χ3n) is 7.49. The molecule has 0 spiro atoms. The monoisotopic (exact) mass is 650 g/mol. The molecule has 0 saturated carbocycles. The van der Waals surface area contributed by atoms with E-state index in [2.05, 4.69) is 57.6 Å². The van der Waals surface area contributed by atoms with Crippen molar-refractivity contribution in [2.75, 3.05) is 9.80 Å². The van der Waals surface area contributed by atoms with Crippen LogP contribution in [-0.4, -0.2) is 13.9 Å². The molecule has 0 atom stereocenters. The normalized spacial score (nSPS) is 11.6. The minimum atomic E-state index is -5.78. The van der Waals surface area contributed by atoms with Gasteiger partial charge in [0.05, 0.1) is 0 Å². The first-order valence-corrected chi connectivity index (χ1v) is 16.1. The van der Waals surface area contributed by atoms with Gasteiger partial charge in [-0.15, -0.1) is 0 Å². The predicted octanol–water partition coefficient (Wildman–Crippen LogP) is 10.8. The average molecular weight is 651 g/mol. The van der Waals surface area contributed by atoms with Gasteiger partial charge >= 0.3 is 15.6 Å². The maximum Gasteiger partial charge on any atom is 0.534 e. The molecule has 9 heteroatoms. The summed E-state index contributed by atoms with van der Waals surface area (Å²) in [6, 6.07) is 49.8. The second kappa shape index (κ2) is 13.1. The van der Waals surface area contributed by atoms with E-state index in [1.54, 1.807) is 0 Å². The second-order valence-corrected chi connectivity index (χ2v) is 12.3. The lowest BCUT2D eigenvalue weighted by atomic mass is 10.0. The van der Waals surface area contributed by atoms with E-state index in [4.69, 9.17) is 0 Å². The Morgan fingerprint density at radius 1 is 0.468 bits per heavy atom. The number of anilines is 6. The summed E-state index contributed by atoms with van der Waals surface area (Å²) in [5, 5.41) is 0. The maximum atomic E-state index is 12.8. The van der Waals surface area contributed by atoms with Gasteiger partial charge in [0.2, 0.25) is 0 Å². The van der Waals surface area contributed by atoms with Gasteiger partial charge in [0.15, 0.2) is 0 Å². The molecule has 0 aliphatic heterocycles. The van der Waals surface area contributed by atoms with Crippen LogP contribution in [0.15, 0.2) is 158 Å². The zero-order chi connectivity index (χ0) is 33.0. The Balaban J connectivity index is 1.29. The summed E-state index contributed by atoms with van der Waals surface area (Å²) >= 11 is 0. The van der Waals surface area contributed by atoms with Crippen LogP contribution >= 0.6 is 0 Å². The third kappa shape index (κ3) is 7.00. The summed E-state index contributed by atoms with van der Waals surface area (Å²) in [5.74, 6) is -0.438. The molecule has 0 aromatic heterocycles. The largest absolute Gasteiger partial charge is 0.534 e. The summed E-state index contributed by atoms with van der Waals surface area (Å²) in [7, 11) is -5.78. The van der Waals surface area contributed by atoms with Crippen LogP contribution in [0, 0.1) is 6.92 Å². The molecule has 0 amide bonds. The Morgan fingerprint density at radius 2 is 0.787 bits per heavy atom. The van der Waals surface area contributed by atoms with E-state index in [0.717, 1.165) is 45.1 Å². The van der Waals surface area contributed by atoms with E-state index in [1.165, 1.54) is 24.3 Å². The van der Waals surface area contributed by atoms with Gasteiger partial charge in [0.25, 0.3) is 0 Å². The molecule has 236 valence electrons. The lowest BCUT2D eigenvalue weighted by Crippen LogP contribution is -2.28. The molecule has 0 saturated heterocycles. The summed E-state index contributed by atoms with van der Waals surface area (Å²) in [4.78, 5) is 4.12. The first-order valence-electron chi connectivity index (χ1n) is 14.7. The summed E-state index contributed by atoms with van der Waals surface area (Å²) in [6.07, 6.45) is 0. The van der Waals surface area contributed by atoms with Crippen LogP contribution in [0.4, 0.5) is 47.3 Å². The zero-order valence-corrected chi connectivity index (χ0v) is 26.0. The quantitative estimate of drug-likeness (QED) is 0.115. The molecule has 0 unspecified atom stereocenters. The maximum absolute atomic E-state index is 12.8. The molecule has 5 nitrogen and oxygen atoms in total. The van der Waals surface area contributed by atoms with E-state index in [9.17, 15) is 21.6 Å². The highest BCUT2D eigenvalue weighted by atomic mass is 32.2. The molecule has 0 aliphatic rings. The van der Waals surface area contributed by atoms with E-state index in [1.807, 2.05) is 96.8 Å². The molecule has 47 heavy (non-hydrogen) atoms. The van der Waals surface area contributed by atoms with Gasteiger partial charge in [-0.05, 0) is 103 Å². The van der Waals surface area contributed by atoms with Crippen molar-refractivity contribution < 1.29 is 25.8 Å². The molecule has 0 N–H and O–H groups in total. The minimum absolute atomic E-state index is 0.438. The van der Waals surface area contributed by atoms with Gasteiger partial charge in [0.1, 0.15) is 5.75 Å². The Hall–Kier alpha value is -5.54. The van der Waals surface area contributed by atoms with E-state index < -0.39 is 21.4 Å². The lowest BCUT2D eigenvalue weighted by molar-refractivity contribution is -0.0500. The minimum Gasteiger partial charge on any atom is -0.376 e. The van der Waals surface area contributed by atoms with Crippen LogP contribution in [0.1, 0.15) is 5.56 Å². The summed E-state index contributed by atoms with van der Waals surface area (Å²) < 4.78 is 65.8. The van der Waals surface area contributed by atoms with Crippen molar-refractivity contribution in [1.82, 2.24) is 0 Å². The number of nitrogens with zero attached hydrogens (tertiary/aromatic N) is 2. The molecule has 6 rings (SSSR count). The molecular formula is C38H29F3N2O3S. The third-order valence-corrected chi connectivity index (χ3v) is 8.47. The standard InChI is InChI=1S/C38H29F3N2O3S/c1-28-12-18-33(19-13-28)43(36-24-26-37(27-25-36)46-47(44,45)38(39,40)41)35-22-16-30(17-23-35)29-14-20-34(21-15-29)42(31-8-4-2-5-9-31)32-10-6-3-7-11-32/h2-27H,1H3. The van der Waals surface area contributed by atoms with Gasteiger partial charge in [-0.2, -0.15) is 21.6 Å². The summed E-state index contributed by atoms with van der Waals surface area (Å²) in [5.41, 5.74) is 2.88. The van der Waals surface area contributed by atoms with Crippen LogP contribution < -0.4 is 14.0 Å². The molecule has 0 bridgehead atoms. The predicted molar refractivity (Wildman–Crippen MR) is 182 cm³/mol. The lowest BCUT2D eigenvalue weighted by Gasteiger charge is -2.26. The highest BCUT2D eigenvalue weighted by Gasteiger charge is 2.48. The van der Waals surface area contributed by atoms with Crippen LogP contribution in [0.5, 0.6) is 5.75 Å². The van der Waals surface area contributed by atoms with Crippen LogP contribution in [0.3, 0.4) is 0 Å². The van der Waals surface area contributed by atoms with Crippen LogP contribution in [0.2, 0.25) is 0 Å². The topological polar surface area (TPSA) is 49.9 Å². The van der Waals surface area contributed by atoms with Gasteiger partial charge in [-0.1, -0.05) is 78.4 Å². The molecule has 6 aromatic carbocycles. The first kappa shape index (κ1) is 31.4. The van der Waals surface area contributed by atoms with Crippen molar-refractivity contribution in [3.8, 4) is 16.9 Å². The number of hydrogen-bond donors (Lipinski definition) is 0. The number of alkyl halides is 3. The molecule has 0 fully saturated rings. The summed E-state index contributed by atoms with van der Waals surface area (Å²) in [6.45, 7) is 1.97. The van der Waals surface area contributed by atoms with Crippen molar-refractivity contribution in [3.63, 3.8) is 0 Å². The smallest absolute Gasteiger partial charge is 0.376 e. The number of aryl methyl sites for hydroxylation is 1. The number of para-hydroxylation sites is 2. The number of rotatable bonds is 9. The van der Waals surface area contributed by atoms with Crippen molar-refractivity contribution >= 4 is 44.2 Å². The van der Waals surface area contributed by atoms with E-state index in [-0.39, 0.29) is 0 Å². The molecule has 0 heterocycles. The molecule has 0 aliphatic carbocycles. The first-order chi connectivity index (χ1) is 22.6. The van der Waals surface area contributed by atoms with Crippen LogP contribution in [0.25, 0.3) is 11.1 Å². The van der Waals surface area contributed by atoms with E-state index >= 15 is 0 Å². The van der Waals surface area contributed by atoms with Crippen molar-refractivity contribution in [2.45, 2.75) is 12.4 Å². The molecule has 6 aromatic rings. The number of halogens is 3. The fraction of sp³-hybridized carbons (Fsp3) is 0.0526. The Labute approximate surface area is 271 Å². The van der Waals surface area contributed by atoms with Gasteiger partial charge in [-0.25, -0.2) is 0 Å². The fourth-order valence-corrected chi connectivity index (χ4v) is 5.63. The van der Waals surface area contributed by atoms with Gasteiger partial charge in [-0.3, -0.25) is 0 Å². The zero-order valence-electron chi connectivity index (χ0n) is 25.2. The van der Waals surface area contributed by atoms with Crippen LogP contribution in [-0.2, 0) is 10.1 Å². The highest BCUT2D eigenvalue weighted by Crippen LogP contribution is 2.38. The Bertz CT molecular complexity index is 2000. The molecular weight excluding hydrogens is 621 g/mol.